The van der Waals surface area contributed by atoms with Gasteiger partial charge in [0.2, 0.25) is 5.75 Å². The smallest absolute Gasteiger partial charge is 0.204 e. The Hall–Kier alpha value is -3.02. The average molecular weight is 337 g/mol. The Bertz CT molecular complexity index is 910. The van der Waals surface area contributed by atoms with E-state index in [4.69, 9.17) is 14.2 Å². The molecule has 0 bridgehead atoms. The van der Waals surface area contributed by atoms with Crippen molar-refractivity contribution in [1.82, 2.24) is 9.97 Å². The van der Waals surface area contributed by atoms with Crippen LogP contribution in [0.2, 0.25) is 0 Å². The summed E-state index contributed by atoms with van der Waals surface area (Å²) >= 11 is 0. The zero-order valence-corrected chi connectivity index (χ0v) is 14.2. The van der Waals surface area contributed by atoms with Crippen molar-refractivity contribution in [2.24, 2.45) is 0 Å². The number of anilines is 2. The van der Waals surface area contributed by atoms with Crippen molar-refractivity contribution < 1.29 is 14.2 Å². The first-order chi connectivity index (χ1) is 12.3. The van der Waals surface area contributed by atoms with E-state index in [2.05, 4.69) is 22.2 Å². The fourth-order valence-corrected chi connectivity index (χ4v) is 2.84. The standard InChI is InChI=1S/C19H19N3O3/c1-3-23-15-10-14-16(18-17(15)24-8-9-25-18)19(21-11-20-14)22-13-6-4-12(2)5-7-13/h4-7,10-11H,3,8-9H2,1-2H3,(H,20,21,22). The van der Waals surface area contributed by atoms with Crippen LogP contribution in [0.3, 0.4) is 0 Å². The maximum Gasteiger partial charge on any atom is 0.204 e. The van der Waals surface area contributed by atoms with Crippen LogP contribution >= 0.6 is 0 Å². The lowest BCUT2D eigenvalue weighted by Crippen LogP contribution is -2.17. The molecule has 25 heavy (non-hydrogen) atoms. The first kappa shape index (κ1) is 15.5. The molecule has 128 valence electrons. The minimum atomic E-state index is 0.483. The first-order valence-corrected chi connectivity index (χ1v) is 8.30. The number of ether oxygens (including phenoxy) is 3. The van der Waals surface area contributed by atoms with E-state index in [1.54, 1.807) is 0 Å². The summed E-state index contributed by atoms with van der Waals surface area (Å²) in [6.45, 7) is 5.51. The predicted molar refractivity (Wildman–Crippen MR) is 96.2 cm³/mol. The molecule has 6 nitrogen and oxygen atoms in total. The van der Waals surface area contributed by atoms with Crippen molar-refractivity contribution in [3.63, 3.8) is 0 Å². The lowest BCUT2D eigenvalue weighted by atomic mass is 10.1. The molecule has 2 aromatic carbocycles. The first-order valence-electron chi connectivity index (χ1n) is 8.30. The Balaban J connectivity index is 1.86. The van der Waals surface area contributed by atoms with Crippen LogP contribution in [0.4, 0.5) is 11.5 Å². The third-order valence-electron chi connectivity index (χ3n) is 3.99. The molecule has 0 spiro atoms. The Morgan fingerprint density at radius 1 is 1.08 bits per heavy atom. The summed E-state index contributed by atoms with van der Waals surface area (Å²) in [5.41, 5.74) is 2.90. The van der Waals surface area contributed by atoms with Crippen LogP contribution < -0.4 is 19.5 Å². The highest BCUT2D eigenvalue weighted by Gasteiger charge is 2.24. The maximum atomic E-state index is 5.90. The third kappa shape index (κ3) is 2.91. The van der Waals surface area contributed by atoms with Gasteiger partial charge in [0.25, 0.3) is 0 Å². The van der Waals surface area contributed by atoms with Crippen molar-refractivity contribution in [3.8, 4) is 17.2 Å². The Labute approximate surface area is 145 Å². The highest BCUT2D eigenvalue weighted by atomic mass is 16.6. The predicted octanol–water partition coefficient (Wildman–Crippen LogP) is 3.85. The third-order valence-corrected chi connectivity index (χ3v) is 3.99. The molecule has 0 saturated heterocycles. The zero-order valence-electron chi connectivity index (χ0n) is 14.2. The number of nitrogens with zero attached hydrogens (tertiary/aromatic N) is 2. The summed E-state index contributed by atoms with van der Waals surface area (Å²) in [7, 11) is 0. The quantitative estimate of drug-likeness (QED) is 0.780. The summed E-state index contributed by atoms with van der Waals surface area (Å²) in [6.07, 6.45) is 1.53. The van der Waals surface area contributed by atoms with Crippen molar-refractivity contribution in [1.29, 1.82) is 0 Å². The molecule has 0 fully saturated rings. The lowest BCUT2D eigenvalue weighted by Gasteiger charge is -2.23. The molecular formula is C19H19N3O3. The monoisotopic (exact) mass is 337 g/mol. The lowest BCUT2D eigenvalue weighted by molar-refractivity contribution is 0.165. The van der Waals surface area contributed by atoms with Gasteiger partial charge in [-0.2, -0.15) is 0 Å². The zero-order chi connectivity index (χ0) is 17.2. The molecule has 1 aliphatic heterocycles. The number of aryl methyl sites for hydroxylation is 1. The van der Waals surface area contributed by atoms with Crippen molar-refractivity contribution in [2.75, 3.05) is 25.1 Å². The Morgan fingerprint density at radius 3 is 2.60 bits per heavy atom. The molecule has 0 aliphatic carbocycles. The molecule has 0 radical (unpaired) electrons. The molecule has 6 heteroatoms. The van der Waals surface area contributed by atoms with Crippen LogP contribution in [0, 0.1) is 6.92 Å². The summed E-state index contributed by atoms with van der Waals surface area (Å²) in [5, 5.41) is 4.14. The van der Waals surface area contributed by atoms with Crippen LogP contribution in [-0.4, -0.2) is 29.8 Å². The molecule has 1 N–H and O–H groups in total. The molecule has 1 aromatic heterocycles. The largest absolute Gasteiger partial charge is 0.490 e. The normalized spacial score (nSPS) is 12.9. The topological polar surface area (TPSA) is 65.5 Å². The van der Waals surface area contributed by atoms with Gasteiger partial charge in [0.15, 0.2) is 11.5 Å². The van der Waals surface area contributed by atoms with Crippen LogP contribution in [0.5, 0.6) is 17.2 Å². The van der Waals surface area contributed by atoms with Crippen LogP contribution in [0.1, 0.15) is 12.5 Å². The van der Waals surface area contributed by atoms with Gasteiger partial charge in [0.05, 0.1) is 17.5 Å². The van der Waals surface area contributed by atoms with Gasteiger partial charge in [0, 0.05) is 11.8 Å². The van der Waals surface area contributed by atoms with E-state index >= 15 is 0 Å². The Kier molecular flexibility index (Phi) is 4.01. The van der Waals surface area contributed by atoms with Crippen LogP contribution in [0.15, 0.2) is 36.7 Å². The van der Waals surface area contributed by atoms with Gasteiger partial charge in [-0.1, -0.05) is 17.7 Å². The minimum Gasteiger partial charge on any atom is -0.490 e. The summed E-state index contributed by atoms with van der Waals surface area (Å²) in [5.74, 6) is 2.56. The van der Waals surface area contributed by atoms with E-state index < -0.39 is 0 Å². The molecule has 0 amide bonds. The van der Waals surface area contributed by atoms with Gasteiger partial charge >= 0.3 is 0 Å². The fraction of sp³-hybridized carbons (Fsp3) is 0.263. The second kappa shape index (κ2) is 6.47. The van der Waals surface area contributed by atoms with Crippen molar-refractivity contribution in [2.45, 2.75) is 13.8 Å². The molecule has 0 atom stereocenters. The molecule has 0 unspecified atom stereocenters. The number of hydrogen-bond donors (Lipinski definition) is 1. The second-order valence-corrected chi connectivity index (χ2v) is 5.77. The van der Waals surface area contributed by atoms with Crippen LogP contribution in [-0.2, 0) is 0 Å². The van der Waals surface area contributed by atoms with Gasteiger partial charge in [-0.3, -0.25) is 0 Å². The number of fused-ring (bicyclic) bond motifs is 3. The summed E-state index contributed by atoms with van der Waals surface area (Å²) < 4.78 is 17.4. The van der Waals surface area contributed by atoms with E-state index in [1.165, 1.54) is 11.9 Å². The van der Waals surface area contributed by atoms with Gasteiger partial charge in [-0.05, 0) is 26.0 Å². The van der Waals surface area contributed by atoms with Gasteiger partial charge in [-0.15, -0.1) is 0 Å². The number of aromatic nitrogens is 2. The number of rotatable bonds is 4. The Morgan fingerprint density at radius 2 is 1.84 bits per heavy atom. The highest BCUT2D eigenvalue weighted by molar-refractivity contribution is 5.99. The average Bonchev–Trinajstić information content (AvgIpc) is 2.64. The van der Waals surface area contributed by atoms with E-state index in [1.807, 2.05) is 37.3 Å². The number of hydrogen-bond acceptors (Lipinski definition) is 6. The molecule has 3 aromatic rings. The summed E-state index contributed by atoms with van der Waals surface area (Å²) in [6, 6.07) is 10.00. The SMILES string of the molecule is CCOc1cc2ncnc(Nc3ccc(C)cc3)c2c2c1OCCO2. The maximum absolute atomic E-state index is 5.90. The second-order valence-electron chi connectivity index (χ2n) is 5.77. The minimum absolute atomic E-state index is 0.483. The van der Waals surface area contributed by atoms with E-state index in [-0.39, 0.29) is 0 Å². The van der Waals surface area contributed by atoms with E-state index in [0.717, 1.165) is 16.6 Å². The van der Waals surface area contributed by atoms with Gasteiger partial charge in [0.1, 0.15) is 25.4 Å². The van der Waals surface area contributed by atoms with E-state index in [9.17, 15) is 0 Å². The summed E-state index contributed by atoms with van der Waals surface area (Å²) in [4.78, 5) is 8.79. The number of nitrogens with one attached hydrogen (secondary N) is 1. The molecule has 2 heterocycles. The molecule has 1 aliphatic rings. The van der Waals surface area contributed by atoms with Gasteiger partial charge < -0.3 is 19.5 Å². The number of benzene rings is 2. The fourth-order valence-electron chi connectivity index (χ4n) is 2.84. The molecule has 0 saturated carbocycles. The molecular weight excluding hydrogens is 318 g/mol. The molecule has 4 rings (SSSR count). The van der Waals surface area contributed by atoms with E-state index in [0.29, 0.717) is 42.9 Å². The van der Waals surface area contributed by atoms with Crippen molar-refractivity contribution >= 4 is 22.4 Å². The van der Waals surface area contributed by atoms with Crippen LogP contribution in [0.25, 0.3) is 10.9 Å². The van der Waals surface area contributed by atoms with Crippen molar-refractivity contribution in [3.05, 3.63) is 42.2 Å². The van der Waals surface area contributed by atoms with Gasteiger partial charge in [-0.25, -0.2) is 9.97 Å². The highest BCUT2D eigenvalue weighted by Crippen LogP contribution is 2.46.